The van der Waals surface area contributed by atoms with Gasteiger partial charge in [0.05, 0.1) is 5.69 Å². The van der Waals surface area contributed by atoms with Gasteiger partial charge in [0.2, 0.25) is 0 Å². The third-order valence-corrected chi connectivity index (χ3v) is 3.40. The summed E-state index contributed by atoms with van der Waals surface area (Å²) in [6.45, 7) is 8.29. The summed E-state index contributed by atoms with van der Waals surface area (Å²) in [5, 5.41) is 8.99. The van der Waals surface area contributed by atoms with Gasteiger partial charge < -0.3 is 5.32 Å². The maximum atomic E-state index is 12.0. The van der Waals surface area contributed by atoms with Gasteiger partial charge in [-0.25, -0.2) is 5.10 Å². The van der Waals surface area contributed by atoms with E-state index in [0.717, 1.165) is 12.8 Å². The highest BCUT2D eigenvalue weighted by atomic mass is 16.2. The maximum Gasteiger partial charge on any atom is 0.277 e. The van der Waals surface area contributed by atoms with Crippen LogP contribution in [0.1, 0.15) is 48.3 Å². The first-order valence-electron chi connectivity index (χ1n) is 6.35. The van der Waals surface area contributed by atoms with Gasteiger partial charge in [-0.3, -0.25) is 9.59 Å². The smallest absolute Gasteiger partial charge is 0.277 e. The van der Waals surface area contributed by atoms with Crippen molar-refractivity contribution in [3.8, 4) is 0 Å². The lowest BCUT2D eigenvalue weighted by Crippen LogP contribution is -2.34. The van der Waals surface area contributed by atoms with Gasteiger partial charge in [0.25, 0.3) is 11.5 Å². The molecule has 0 saturated carbocycles. The fourth-order valence-electron chi connectivity index (χ4n) is 1.80. The van der Waals surface area contributed by atoms with Crippen molar-refractivity contribution >= 4 is 5.91 Å². The highest BCUT2D eigenvalue weighted by molar-refractivity contribution is 5.95. The lowest BCUT2D eigenvalue weighted by atomic mass is 10.0. The van der Waals surface area contributed by atoms with Gasteiger partial charge in [-0.05, 0) is 25.3 Å². The van der Waals surface area contributed by atoms with Crippen molar-refractivity contribution in [1.29, 1.82) is 0 Å². The number of nitrogens with zero attached hydrogens (tertiary/aromatic N) is 1. The number of rotatable bonds is 5. The molecule has 2 N–H and O–H groups in total. The van der Waals surface area contributed by atoms with E-state index in [9.17, 15) is 9.59 Å². The minimum absolute atomic E-state index is 0.174. The molecule has 5 heteroatoms. The van der Waals surface area contributed by atoms with Crippen LogP contribution in [0, 0.1) is 19.8 Å². The molecule has 0 bridgehead atoms. The number of hydrogen-bond acceptors (Lipinski definition) is 3. The summed E-state index contributed by atoms with van der Waals surface area (Å²) in [5.74, 6) is 0.141. The fraction of sp³-hybridized carbons (Fsp3) is 0.615. The SMILES string of the molecule is CCC(CC)CNC(=O)c1c(C)c(C)n[nH]c1=O. The van der Waals surface area contributed by atoms with Crippen molar-refractivity contribution in [3.05, 3.63) is 27.2 Å². The van der Waals surface area contributed by atoms with Crippen molar-refractivity contribution in [2.75, 3.05) is 6.54 Å². The molecule has 1 aromatic rings. The van der Waals surface area contributed by atoms with E-state index in [2.05, 4.69) is 29.4 Å². The molecule has 0 radical (unpaired) electrons. The molecule has 1 rings (SSSR count). The van der Waals surface area contributed by atoms with Crippen LogP contribution in [0.2, 0.25) is 0 Å². The predicted octanol–water partition coefficient (Wildman–Crippen LogP) is 1.55. The van der Waals surface area contributed by atoms with Gasteiger partial charge in [-0.2, -0.15) is 5.10 Å². The van der Waals surface area contributed by atoms with E-state index >= 15 is 0 Å². The number of aromatic nitrogens is 2. The number of aromatic amines is 1. The fourth-order valence-corrected chi connectivity index (χ4v) is 1.80. The van der Waals surface area contributed by atoms with E-state index in [1.165, 1.54) is 0 Å². The topological polar surface area (TPSA) is 74.8 Å². The molecule has 0 aromatic carbocycles. The summed E-state index contributed by atoms with van der Waals surface area (Å²) in [6, 6.07) is 0. The number of nitrogens with one attached hydrogen (secondary N) is 2. The quantitative estimate of drug-likeness (QED) is 0.833. The Balaban J connectivity index is 2.85. The Hall–Kier alpha value is -1.65. The minimum Gasteiger partial charge on any atom is -0.352 e. The molecule has 0 aliphatic rings. The molecule has 100 valence electrons. The number of H-pyrrole nitrogens is 1. The summed E-state index contributed by atoms with van der Waals surface area (Å²) in [7, 11) is 0. The molecule has 1 amide bonds. The second kappa shape index (κ2) is 6.33. The first-order chi connectivity index (χ1) is 8.51. The van der Waals surface area contributed by atoms with Crippen molar-refractivity contribution in [3.63, 3.8) is 0 Å². The van der Waals surface area contributed by atoms with Gasteiger partial charge >= 0.3 is 0 Å². The number of aryl methyl sites for hydroxylation is 1. The zero-order valence-corrected chi connectivity index (χ0v) is 11.5. The highest BCUT2D eigenvalue weighted by Crippen LogP contribution is 2.07. The lowest BCUT2D eigenvalue weighted by Gasteiger charge is -2.13. The highest BCUT2D eigenvalue weighted by Gasteiger charge is 2.16. The van der Waals surface area contributed by atoms with Crippen molar-refractivity contribution in [1.82, 2.24) is 15.5 Å². The van der Waals surface area contributed by atoms with E-state index in [1.54, 1.807) is 13.8 Å². The molecule has 18 heavy (non-hydrogen) atoms. The zero-order chi connectivity index (χ0) is 13.7. The first-order valence-corrected chi connectivity index (χ1v) is 6.35. The average Bonchev–Trinajstić information content (AvgIpc) is 2.35. The van der Waals surface area contributed by atoms with Crippen LogP contribution in [0.25, 0.3) is 0 Å². The largest absolute Gasteiger partial charge is 0.352 e. The molecule has 0 saturated heterocycles. The third kappa shape index (κ3) is 3.18. The number of hydrogen-bond donors (Lipinski definition) is 2. The number of carbonyl (C=O) groups is 1. The van der Waals surface area contributed by atoms with E-state index in [0.29, 0.717) is 23.7 Å². The van der Waals surface area contributed by atoms with Crippen LogP contribution in [-0.2, 0) is 0 Å². The van der Waals surface area contributed by atoms with Gasteiger partial charge in [-0.15, -0.1) is 0 Å². The Morgan fingerprint density at radius 1 is 1.33 bits per heavy atom. The molecule has 0 aliphatic heterocycles. The second-order valence-electron chi connectivity index (χ2n) is 4.53. The Labute approximate surface area is 107 Å². The van der Waals surface area contributed by atoms with Gasteiger partial charge in [0, 0.05) is 6.54 Å². The minimum atomic E-state index is -0.430. The standard InChI is InChI=1S/C13H21N3O2/c1-5-10(6-2)7-14-12(17)11-8(3)9(4)15-16-13(11)18/h10H,5-7H2,1-4H3,(H,14,17)(H,16,18). The van der Waals surface area contributed by atoms with Crippen LogP contribution in [0.3, 0.4) is 0 Å². The summed E-state index contributed by atoms with van der Waals surface area (Å²) in [5.41, 5.74) is 1.05. The van der Waals surface area contributed by atoms with Crippen LogP contribution >= 0.6 is 0 Å². The summed E-state index contributed by atoms with van der Waals surface area (Å²) in [6.07, 6.45) is 2.03. The molecule has 0 fully saturated rings. The zero-order valence-electron chi connectivity index (χ0n) is 11.5. The summed E-state index contributed by atoms with van der Waals surface area (Å²) >= 11 is 0. The van der Waals surface area contributed by atoms with Crippen LogP contribution in [0.4, 0.5) is 0 Å². The molecule has 0 spiro atoms. The molecule has 0 atom stereocenters. The normalized spacial score (nSPS) is 10.7. The first kappa shape index (κ1) is 14.4. The Kier molecular flexibility index (Phi) is 5.07. The van der Waals surface area contributed by atoms with Crippen molar-refractivity contribution < 1.29 is 4.79 Å². The third-order valence-electron chi connectivity index (χ3n) is 3.40. The number of carbonyl (C=O) groups excluding carboxylic acids is 1. The summed E-state index contributed by atoms with van der Waals surface area (Å²) in [4.78, 5) is 23.7. The maximum absolute atomic E-state index is 12.0. The average molecular weight is 251 g/mol. The molecular formula is C13H21N3O2. The van der Waals surface area contributed by atoms with Crippen LogP contribution < -0.4 is 10.9 Å². The van der Waals surface area contributed by atoms with E-state index < -0.39 is 5.56 Å². The lowest BCUT2D eigenvalue weighted by molar-refractivity contribution is 0.0944. The molecular weight excluding hydrogens is 230 g/mol. The molecule has 0 unspecified atom stereocenters. The van der Waals surface area contributed by atoms with Crippen LogP contribution in [0.15, 0.2) is 4.79 Å². The second-order valence-corrected chi connectivity index (χ2v) is 4.53. The summed E-state index contributed by atoms with van der Waals surface area (Å²) < 4.78 is 0. The Morgan fingerprint density at radius 3 is 2.50 bits per heavy atom. The van der Waals surface area contributed by atoms with Crippen LogP contribution in [0.5, 0.6) is 0 Å². The Bertz CT molecular complexity index is 476. The number of amides is 1. The molecule has 5 nitrogen and oxygen atoms in total. The van der Waals surface area contributed by atoms with Crippen LogP contribution in [-0.4, -0.2) is 22.6 Å². The van der Waals surface area contributed by atoms with Crippen molar-refractivity contribution in [2.24, 2.45) is 5.92 Å². The van der Waals surface area contributed by atoms with Gasteiger partial charge in [0.15, 0.2) is 0 Å². The van der Waals surface area contributed by atoms with E-state index in [-0.39, 0.29) is 11.5 Å². The molecule has 0 aliphatic carbocycles. The van der Waals surface area contributed by atoms with Gasteiger partial charge in [0.1, 0.15) is 5.56 Å². The van der Waals surface area contributed by atoms with E-state index in [1.807, 2.05) is 0 Å². The monoisotopic (exact) mass is 251 g/mol. The van der Waals surface area contributed by atoms with Crippen molar-refractivity contribution in [2.45, 2.75) is 40.5 Å². The predicted molar refractivity (Wildman–Crippen MR) is 70.7 cm³/mol. The molecule has 1 heterocycles. The Morgan fingerprint density at radius 2 is 1.94 bits per heavy atom. The van der Waals surface area contributed by atoms with E-state index in [4.69, 9.17) is 0 Å². The molecule has 1 aromatic heterocycles. The van der Waals surface area contributed by atoms with Gasteiger partial charge in [-0.1, -0.05) is 26.7 Å².